The number of likely N-dealkylation sites (tertiary alicyclic amines) is 1. The SMILES string of the molecule is CC(C)[N+]1(CC(C)(C)C)CCC(c2nccs2)C1. The van der Waals surface area contributed by atoms with Gasteiger partial charge in [-0.15, -0.1) is 11.3 Å². The van der Waals surface area contributed by atoms with Crippen LogP contribution in [0.25, 0.3) is 0 Å². The Morgan fingerprint density at radius 1 is 1.44 bits per heavy atom. The standard InChI is InChI=1S/C15H27N2S/c1-12(2)17(11-15(3,4)5)8-6-13(10-17)14-16-7-9-18-14/h7,9,12-13H,6,8,10-11H2,1-5H3/q+1. The quantitative estimate of drug-likeness (QED) is 0.757. The van der Waals surface area contributed by atoms with Crippen molar-refractivity contribution < 1.29 is 4.48 Å². The van der Waals surface area contributed by atoms with Crippen molar-refractivity contribution in [2.75, 3.05) is 19.6 Å². The zero-order valence-electron chi connectivity index (χ0n) is 12.4. The Balaban J connectivity index is 2.15. The zero-order chi connectivity index (χ0) is 13.4. The van der Waals surface area contributed by atoms with Crippen molar-refractivity contribution in [3.63, 3.8) is 0 Å². The Bertz CT molecular complexity index is 378. The molecule has 0 spiro atoms. The summed E-state index contributed by atoms with van der Waals surface area (Å²) in [5, 5.41) is 3.46. The van der Waals surface area contributed by atoms with Crippen molar-refractivity contribution in [3.8, 4) is 0 Å². The second kappa shape index (κ2) is 4.93. The van der Waals surface area contributed by atoms with Crippen LogP contribution in [0.1, 0.15) is 52.0 Å². The van der Waals surface area contributed by atoms with E-state index in [0.717, 1.165) is 0 Å². The van der Waals surface area contributed by atoms with Crippen LogP contribution < -0.4 is 0 Å². The molecule has 0 amide bonds. The zero-order valence-corrected chi connectivity index (χ0v) is 13.3. The Hall–Kier alpha value is -0.410. The molecule has 1 aliphatic rings. The largest absolute Gasteiger partial charge is 0.321 e. The van der Waals surface area contributed by atoms with Crippen molar-refractivity contribution in [2.24, 2.45) is 5.41 Å². The molecule has 2 nitrogen and oxygen atoms in total. The van der Waals surface area contributed by atoms with Gasteiger partial charge in [-0.2, -0.15) is 0 Å². The molecule has 18 heavy (non-hydrogen) atoms. The van der Waals surface area contributed by atoms with Crippen molar-refractivity contribution in [1.82, 2.24) is 4.98 Å². The molecule has 1 saturated heterocycles. The Morgan fingerprint density at radius 2 is 2.17 bits per heavy atom. The van der Waals surface area contributed by atoms with Crippen LogP contribution in [0.2, 0.25) is 0 Å². The van der Waals surface area contributed by atoms with Gasteiger partial charge in [0.1, 0.15) is 5.01 Å². The summed E-state index contributed by atoms with van der Waals surface area (Å²) >= 11 is 1.83. The third kappa shape index (κ3) is 2.94. The molecule has 1 aliphatic heterocycles. The molecular weight excluding hydrogens is 240 g/mol. The van der Waals surface area contributed by atoms with Crippen LogP contribution in [0.15, 0.2) is 11.6 Å². The summed E-state index contributed by atoms with van der Waals surface area (Å²) in [4.78, 5) is 4.53. The maximum absolute atomic E-state index is 4.53. The third-order valence-corrected chi connectivity index (χ3v) is 5.13. The van der Waals surface area contributed by atoms with Gasteiger partial charge in [0.2, 0.25) is 0 Å². The Labute approximate surface area is 116 Å². The van der Waals surface area contributed by atoms with Crippen LogP contribution in [0.5, 0.6) is 0 Å². The predicted molar refractivity (Wildman–Crippen MR) is 78.9 cm³/mol. The number of thiazole rings is 1. The number of hydrogen-bond acceptors (Lipinski definition) is 2. The first-order valence-corrected chi connectivity index (χ1v) is 7.95. The van der Waals surface area contributed by atoms with Crippen LogP contribution in [-0.4, -0.2) is 35.1 Å². The molecule has 102 valence electrons. The van der Waals surface area contributed by atoms with Crippen molar-refractivity contribution >= 4 is 11.3 Å². The van der Waals surface area contributed by atoms with Gasteiger partial charge in [-0.3, -0.25) is 0 Å². The lowest BCUT2D eigenvalue weighted by Crippen LogP contribution is -2.55. The summed E-state index contributed by atoms with van der Waals surface area (Å²) in [5.74, 6) is 0.690. The lowest BCUT2D eigenvalue weighted by Gasteiger charge is -2.43. The van der Waals surface area contributed by atoms with E-state index in [1.807, 2.05) is 17.5 Å². The minimum atomic E-state index is 0.405. The topological polar surface area (TPSA) is 12.9 Å². The highest BCUT2D eigenvalue weighted by molar-refractivity contribution is 7.09. The van der Waals surface area contributed by atoms with Crippen LogP contribution in [-0.2, 0) is 0 Å². The molecule has 2 atom stereocenters. The maximum atomic E-state index is 4.53. The minimum Gasteiger partial charge on any atom is -0.321 e. The fourth-order valence-electron chi connectivity index (χ4n) is 3.41. The number of rotatable bonds is 3. The van der Waals surface area contributed by atoms with E-state index in [-0.39, 0.29) is 0 Å². The van der Waals surface area contributed by atoms with Crippen LogP contribution in [0.3, 0.4) is 0 Å². The summed E-state index contributed by atoms with van der Waals surface area (Å²) in [6.45, 7) is 15.8. The molecule has 0 radical (unpaired) electrons. The lowest BCUT2D eigenvalue weighted by molar-refractivity contribution is -0.942. The molecule has 1 aromatic rings. The van der Waals surface area contributed by atoms with Gasteiger partial charge in [0.05, 0.1) is 31.6 Å². The van der Waals surface area contributed by atoms with E-state index >= 15 is 0 Å². The first-order chi connectivity index (χ1) is 8.32. The van der Waals surface area contributed by atoms with Gasteiger partial charge < -0.3 is 4.48 Å². The highest BCUT2D eigenvalue weighted by atomic mass is 32.1. The van der Waals surface area contributed by atoms with E-state index in [1.165, 1.54) is 35.5 Å². The fraction of sp³-hybridized carbons (Fsp3) is 0.800. The van der Waals surface area contributed by atoms with Gasteiger partial charge in [-0.1, -0.05) is 20.8 Å². The highest BCUT2D eigenvalue weighted by Gasteiger charge is 2.44. The van der Waals surface area contributed by atoms with E-state index < -0.39 is 0 Å². The molecule has 1 fully saturated rings. The Kier molecular flexibility index (Phi) is 3.84. The van der Waals surface area contributed by atoms with E-state index in [9.17, 15) is 0 Å². The molecule has 0 aliphatic carbocycles. The predicted octanol–water partition coefficient (Wildman–Crippen LogP) is 3.90. The summed E-state index contributed by atoms with van der Waals surface area (Å²) in [5.41, 5.74) is 0.405. The van der Waals surface area contributed by atoms with E-state index in [1.54, 1.807) is 0 Å². The molecule has 1 aromatic heterocycles. The lowest BCUT2D eigenvalue weighted by atomic mass is 9.93. The molecule has 0 N–H and O–H groups in total. The third-order valence-electron chi connectivity index (χ3n) is 4.19. The molecular formula is C15H27N2S+. The van der Waals surface area contributed by atoms with Gasteiger partial charge >= 0.3 is 0 Å². The smallest absolute Gasteiger partial charge is 0.101 e. The average Bonchev–Trinajstić information content (AvgIpc) is 2.82. The van der Waals surface area contributed by atoms with Crippen molar-refractivity contribution in [2.45, 2.75) is 53.0 Å². The first-order valence-electron chi connectivity index (χ1n) is 7.08. The molecule has 3 heteroatoms. The summed E-state index contributed by atoms with van der Waals surface area (Å²) in [7, 11) is 0. The number of nitrogens with zero attached hydrogens (tertiary/aromatic N) is 2. The van der Waals surface area contributed by atoms with E-state index in [0.29, 0.717) is 17.4 Å². The highest BCUT2D eigenvalue weighted by Crippen LogP contribution is 2.37. The maximum Gasteiger partial charge on any atom is 0.101 e. The van der Waals surface area contributed by atoms with Gasteiger partial charge in [-0.25, -0.2) is 4.98 Å². The van der Waals surface area contributed by atoms with E-state index in [2.05, 4.69) is 45.0 Å². The van der Waals surface area contributed by atoms with Crippen LogP contribution in [0.4, 0.5) is 0 Å². The molecule has 2 unspecified atom stereocenters. The number of quaternary nitrogens is 1. The van der Waals surface area contributed by atoms with Crippen molar-refractivity contribution in [1.29, 1.82) is 0 Å². The number of aromatic nitrogens is 1. The molecule has 0 bridgehead atoms. The molecule has 2 heterocycles. The van der Waals surface area contributed by atoms with Crippen molar-refractivity contribution in [3.05, 3.63) is 16.6 Å². The van der Waals surface area contributed by atoms with E-state index in [4.69, 9.17) is 0 Å². The van der Waals surface area contributed by atoms with Gasteiger partial charge in [0.25, 0.3) is 0 Å². The number of hydrogen-bond donors (Lipinski definition) is 0. The molecule has 2 rings (SSSR count). The minimum absolute atomic E-state index is 0.405. The average molecular weight is 267 g/mol. The van der Waals surface area contributed by atoms with Crippen LogP contribution >= 0.6 is 11.3 Å². The Morgan fingerprint density at radius 3 is 2.67 bits per heavy atom. The monoisotopic (exact) mass is 267 g/mol. The second-order valence-corrected chi connectivity index (χ2v) is 8.22. The van der Waals surface area contributed by atoms with Crippen LogP contribution in [0, 0.1) is 5.41 Å². The normalized spacial score (nSPS) is 29.1. The summed E-state index contributed by atoms with van der Waals surface area (Å²) in [6.07, 6.45) is 3.26. The summed E-state index contributed by atoms with van der Waals surface area (Å²) in [6, 6.07) is 0.717. The van der Waals surface area contributed by atoms with Gasteiger partial charge in [-0.05, 0) is 13.8 Å². The van der Waals surface area contributed by atoms with Gasteiger partial charge in [0, 0.05) is 23.4 Å². The molecule has 0 saturated carbocycles. The fourth-order valence-corrected chi connectivity index (χ4v) is 4.18. The van der Waals surface area contributed by atoms with Gasteiger partial charge in [0.15, 0.2) is 0 Å². The second-order valence-electron chi connectivity index (χ2n) is 7.29. The summed E-state index contributed by atoms with van der Waals surface area (Å²) < 4.78 is 1.27. The molecule has 0 aromatic carbocycles. The first kappa shape index (κ1) is 14.0.